The Hall–Kier alpha value is -7.72. The maximum atomic E-state index is 5.18. The van der Waals surface area contributed by atoms with Crippen molar-refractivity contribution in [2.45, 2.75) is 5.41 Å². The summed E-state index contributed by atoms with van der Waals surface area (Å²) in [5.41, 5.74) is 16.8. The van der Waals surface area contributed by atoms with Crippen LogP contribution in [0.3, 0.4) is 0 Å². The fraction of sp³-hybridized carbons (Fsp3) is 0.0169. The Bertz CT molecular complexity index is 3400. The van der Waals surface area contributed by atoms with Crippen LogP contribution in [0.5, 0.6) is 0 Å². The van der Waals surface area contributed by atoms with E-state index in [1.54, 1.807) is 0 Å². The van der Waals surface area contributed by atoms with Crippen molar-refractivity contribution in [1.82, 2.24) is 9.97 Å². The summed E-state index contributed by atoms with van der Waals surface area (Å²) >= 11 is 1.85. The first-order chi connectivity index (χ1) is 30.7. The molecule has 0 fully saturated rings. The number of benzene rings is 9. The van der Waals surface area contributed by atoms with Crippen LogP contribution in [0.25, 0.3) is 87.5 Å². The van der Waals surface area contributed by atoms with E-state index in [1.807, 2.05) is 29.5 Å². The van der Waals surface area contributed by atoms with Crippen molar-refractivity contribution in [2.75, 3.05) is 0 Å². The molecule has 3 heteroatoms. The second kappa shape index (κ2) is 14.8. The van der Waals surface area contributed by atoms with E-state index >= 15 is 0 Å². The van der Waals surface area contributed by atoms with Crippen LogP contribution in [0.4, 0.5) is 0 Å². The molecule has 0 saturated carbocycles. The van der Waals surface area contributed by atoms with Crippen molar-refractivity contribution < 1.29 is 0 Å². The van der Waals surface area contributed by atoms with Gasteiger partial charge in [0.05, 0.1) is 16.8 Å². The van der Waals surface area contributed by atoms with Crippen LogP contribution < -0.4 is 0 Å². The van der Waals surface area contributed by atoms with Gasteiger partial charge in [0.15, 0.2) is 5.82 Å². The van der Waals surface area contributed by atoms with Crippen LogP contribution >= 0.6 is 11.3 Å². The average Bonchev–Trinajstić information content (AvgIpc) is 3.88. The van der Waals surface area contributed by atoms with E-state index in [2.05, 4.69) is 212 Å². The number of aromatic nitrogens is 2. The number of fused-ring (bicyclic) bond motifs is 6. The zero-order valence-electron chi connectivity index (χ0n) is 33.7. The number of hydrogen-bond acceptors (Lipinski definition) is 3. The molecule has 0 unspecified atom stereocenters. The molecule has 62 heavy (non-hydrogen) atoms. The third kappa shape index (κ3) is 5.93. The molecule has 11 aromatic rings. The SMILES string of the molecule is c1ccc(-c2nc(-c3ccc(-c4ccc5c(c4)-c4ccccc4C5(c4ccccc4)c4ccccc4)cc3)cc(-c3cccc(-c4ccc5sc6ccccc6c5c4)c3)n2)cc1. The molecule has 0 atom stereocenters. The molecule has 0 N–H and O–H groups in total. The summed E-state index contributed by atoms with van der Waals surface area (Å²) in [5, 5.41) is 2.60. The predicted molar refractivity (Wildman–Crippen MR) is 259 cm³/mol. The topological polar surface area (TPSA) is 25.8 Å². The first-order valence-electron chi connectivity index (χ1n) is 21.1. The minimum atomic E-state index is -0.413. The molecular formula is C59H38N2S. The summed E-state index contributed by atoms with van der Waals surface area (Å²) in [6.07, 6.45) is 0. The molecule has 0 aliphatic heterocycles. The van der Waals surface area contributed by atoms with E-state index in [-0.39, 0.29) is 0 Å². The second-order valence-corrected chi connectivity index (χ2v) is 17.2. The molecule has 2 heterocycles. The molecule has 2 aromatic heterocycles. The van der Waals surface area contributed by atoms with E-state index in [9.17, 15) is 0 Å². The lowest BCUT2D eigenvalue weighted by Crippen LogP contribution is -2.28. The third-order valence-electron chi connectivity index (χ3n) is 12.6. The second-order valence-electron chi connectivity index (χ2n) is 16.1. The summed E-state index contributed by atoms with van der Waals surface area (Å²) in [4.78, 5) is 10.4. The average molecular weight is 807 g/mol. The van der Waals surface area contributed by atoms with Crippen molar-refractivity contribution in [3.8, 4) is 67.3 Å². The Kier molecular flexibility index (Phi) is 8.62. The highest BCUT2D eigenvalue weighted by Gasteiger charge is 2.45. The maximum Gasteiger partial charge on any atom is 0.160 e. The van der Waals surface area contributed by atoms with Crippen molar-refractivity contribution in [3.63, 3.8) is 0 Å². The summed E-state index contributed by atoms with van der Waals surface area (Å²) in [7, 11) is 0. The van der Waals surface area contributed by atoms with E-state index in [0.29, 0.717) is 5.82 Å². The van der Waals surface area contributed by atoms with E-state index in [1.165, 1.54) is 64.7 Å². The first kappa shape index (κ1) is 36.2. The van der Waals surface area contributed by atoms with Gasteiger partial charge in [0.1, 0.15) is 0 Å². The van der Waals surface area contributed by atoms with E-state index in [0.717, 1.165) is 39.2 Å². The zero-order valence-corrected chi connectivity index (χ0v) is 34.6. The lowest BCUT2D eigenvalue weighted by Gasteiger charge is -2.33. The quantitative estimate of drug-likeness (QED) is 0.160. The molecule has 290 valence electrons. The Morgan fingerprint density at radius 2 is 0.839 bits per heavy atom. The summed E-state index contributed by atoms with van der Waals surface area (Å²) in [6, 6.07) is 83.4. The van der Waals surface area contributed by atoms with Crippen LogP contribution in [0.1, 0.15) is 22.3 Å². The molecule has 0 bridgehead atoms. The van der Waals surface area contributed by atoms with Gasteiger partial charge in [-0.1, -0.05) is 194 Å². The Morgan fingerprint density at radius 3 is 1.61 bits per heavy atom. The molecule has 0 saturated heterocycles. The monoisotopic (exact) mass is 806 g/mol. The zero-order chi connectivity index (χ0) is 41.0. The van der Waals surface area contributed by atoms with Crippen molar-refractivity contribution in [1.29, 1.82) is 0 Å². The molecule has 9 aromatic carbocycles. The predicted octanol–water partition coefficient (Wildman–Crippen LogP) is 15.5. The molecule has 0 radical (unpaired) electrons. The summed E-state index contributed by atoms with van der Waals surface area (Å²) in [6.45, 7) is 0. The Balaban J connectivity index is 0.932. The van der Waals surface area contributed by atoms with Gasteiger partial charge in [-0.15, -0.1) is 11.3 Å². The van der Waals surface area contributed by atoms with E-state index < -0.39 is 5.41 Å². The smallest absolute Gasteiger partial charge is 0.160 e. The van der Waals surface area contributed by atoms with Crippen LogP contribution in [-0.4, -0.2) is 9.97 Å². The number of rotatable bonds is 7. The van der Waals surface area contributed by atoms with Gasteiger partial charge >= 0.3 is 0 Å². The molecule has 1 aliphatic carbocycles. The standard InChI is InChI=1S/C59H38N2S/c1-4-15-41(16-5-1)58-60-54(38-55(61-58)45-18-14-17-42(35-45)44-32-34-57-51(37-44)49-24-11-13-26-56(49)62-57)40-29-27-39(28-30-40)43-31-33-53-50(36-43)48-23-10-12-25-52(48)59(53,46-19-6-2-7-20-46)47-21-8-3-9-22-47/h1-38H. The lowest BCUT2D eigenvalue weighted by molar-refractivity contribution is 0.768. The third-order valence-corrected chi connectivity index (χ3v) is 13.8. The maximum absolute atomic E-state index is 5.18. The van der Waals surface area contributed by atoms with Gasteiger partial charge in [0.2, 0.25) is 0 Å². The fourth-order valence-electron chi connectivity index (χ4n) is 9.69. The summed E-state index contributed by atoms with van der Waals surface area (Å²) in [5.74, 6) is 0.705. The van der Waals surface area contributed by atoms with Gasteiger partial charge < -0.3 is 0 Å². The molecule has 12 rings (SSSR count). The molecule has 1 aliphatic rings. The van der Waals surface area contributed by atoms with Crippen molar-refractivity contribution >= 4 is 31.5 Å². The Labute approximate surface area is 365 Å². The van der Waals surface area contributed by atoms with E-state index in [4.69, 9.17) is 9.97 Å². The minimum Gasteiger partial charge on any atom is -0.228 e. The minimum absolute atomic E-state index is 0.413. The first-order valence-corrected chi connectivity index (χ1v) is 22.0. The molecule has 2 nitrogen and oxygen atoms in total. The van der Waals surface area contributed by atoms with Gasteiger partial charge in [0.25, 0.3) is 0 Å². The van der Waals surface area contributed by atoms with Crippen molar-refractivity contribution in [2.24, 2.45) is 0 Å². The fourth-order valence-corrected chi connectivity index (χ4v) is 10.8. The van der Waals surface area contributed by atoms with Crippen LogP contribution in [0.15, 0.2) is 231 Å². The van der Waals surface area contributed by atoms with Gasteiger partial charge in [-0.25, -0.2) is 9.97 Å². The van der Waals surface area contributed by atoms with Gasteiger partial charge in [0, 0.05) is 36.9 Å². The number of thiophene rings is 1. The number of nitrogens with zero attached hydrogens (tertiary/aromatic N) is 2. The van der Waals surface area contributed by atoms with Crippen LogP contribution in [0.2, 0.25) is 0 Å². The molecule has 0 spiro atoms. The largest absolute Gasteiger partial charge is 0.228 e. The normalized spacial score (nSPS) is 12.6. The lowest BCUT2D eigenvalue weighted by atomic mass is 9.67. The van der Waals surface area contributed by atoms with Gasteiger partial charge in [-0.3, -0.25) is 0 Å². The molecular weight excluding hydrogens is 769 g/mol. The van der Waals surface area contributed by atoms with Gasteiger partial charge in [-0.2, -0.15) is 0 Å². The summed E-state index contributed by atoms with van der Waals surface area (Å²) < 4.78 is 2.62. The van der Waals surface area contributed by atoms with Gasteiger partial charge in [-0.05, 0) is 92.0 Å². The van der Waals surface area contributed by atoms with Crippen molar-refractivity contribution in [3.05, 3.63) is 253 Å². The highest BCUT2D eigenvalue weighted by Crippen LogP contribution is 2.56. The van der Waals surface area contributed by atoms with Crippen LogP contribution in [-0.2, 0) is 5.41 Å². The molecule has 0 amide bonds. The highest BCUT2D eigenvalue weighted by atomic mass is 32.1. The Morgan fingerprint density at radius 1 is 0.306 bits per heavy atom. The highest BCUT2D eigenvalue weighted by molar-refractivity contribution is 7.25. The van der Waals surface area contributed by atoms with Crippen LogP contribution in [0, 0.1) is 0 Å². The number of hydrogen-bond donors (Lipinski definition) is 0.